The van der Waals surface area contributed by atoms with E-state index in [1.165, 1.54) is 0 Å². The van der Waals surface area contributed by atoms with Crippen molar-refractivity contribution in [3.63, 3.8) is 0 Å². The van der Waals surface area contributed by atoms with E-state index in [0.717, 1.165) is 0 Å². The molecule has 0 aliphatic rings. The number of rotatable bonds is 13. The summed E-state index contributed by atoms with van der Waals surface area (Å²) in [5, 5.41) is 45.2. The molecule has 11 nitrogen and oxygen atoms in total. The number of amides is 2. The molecule has 34 heavy (non-hydrogen) atoms. The fourth-order valence-electron chi connectivity index (χ4n) is 2.91. The van der Waals surface area contributed by atoms with E-state index in [1.807, 2.05) is 0 Å². The molecule has 0 aromatic carbocycles. The number of hydrogen-bond acceptors (Lipinski definition) is 8. The number of aliphatic hydroxyl groups is 3. The van der Waals surface area contributed by atoms with Gasteiger partial charge in [0, 0.05) is 12.8 Å². The monoisotopic (exact) mass is 494 g/mol. The minimum absolute atomic E-state index is 0.0795. The number of hydrogen-bond donors (Lipinski definition) is 6. The van der Waals surface area contributed by atoms with E-state index in [0.29, 0.717) is 0 Å². The third kappa shape index (κ3) is 17.0. The molecule has 0 saturated carbocycles. The first-order chi connectivity index (χ1) is 15.2. The molecule has 0 radical (unpaired) electrons. The Kier molecular flexibility index (Phi) is 13.0. The Hall–Kier alpha value is -1.50. The van der Waals surface area contributed by atoms with E-state index in [2.05, 4.69) is 10.6 Å². The standard InChI is InChI=1S/C23H46N2O9/c1-21(2,3)32-17(28)13-11-15(19(30)34-23(7,8)9)25-20(31)24-14(10-12-16(26)27)18(29)33-22(4,5)6/h14-15,17-19,28-30H,10-13H2,1-9H3,(H,26,27)(H2,24,25,31)/t14-,15-,17-,18-,19-/m0/s1. The zero-order valence-corrected chi connectivity index (χ0v) is 22.0. The topological polar surface area (TPSA) is 167 Å². The Morgan fingerprint density at radius 2 is 1.06 bits per heavy atom. The number of aliphatic hydroxyl groups excluding tert-OH is 3. The van der Waals surface area contributed by atoms with Crippen LogP contribution < -0.4 is 10.6 Å². The zero-order chi connectivity index (χ0) is 26.9. The summed E-state index contributed by atoms with van der Waals surface area (Å²) in [5.41, 5.74) is -2.03. The van der Waals surface area contributed by atoms with Gasteiger partial charge >= 0.3 is 12.0 Å². The third-order valence-corrected chi connectivity index (χ3v) is 4.15. The maximum atomic E-state index is 12.7. The minimum atomic E-state index is -1.46. The Morgan fingerprint density at radius 3 is 1.41 bits per heavy atom. The summed E-state index contributed by atoms with van der Waals surface area (Å²) in [5.74, 6) is -1.09. The van der Waals surface area contributed by atoms with Crippen LogP contribution in [0.25, 0.3) is 0 Å². The molecule has 11 heteroatoms. The normalized spacial score (nSPS) is 17.4. The molecule has 0 heterocycles. The van der Waals surface area contributed by atoms with E-state index >= 15 is 0 Å². The quantitative estimate of drug-likeness (QED) is 0.210. The van der Waals surface area contributed by atoms with Crippen molar-refractivity contribution in [2.45, 2.75) is 136 Å². The molecule has 0 spiro atoms. The van der Waals surface area contributed by atoms with Gasteiger partial charge in [-0.3, -0.25) is 4.79 Å². The SMILES string of the molecule is CC(C)(C)O[C@H](O)CC[C@H](NC(=O)N[C@@H](CCC(=O)O)[C@@H](O)OC(C)(C)C)[C@@H](O)OC(C)(C)C. The van der Waals surface area contributed by atoms with Crippen molar-refractivity contribution in [1.29, 1.82) is 0 Å². The highest BCUT2D eigenvalue weighted by molar-refractivity contribution is 5.74. The highest BCUT2D eigenvalue weighted by Crippen LogP contribution is 2.18. The third-order valence-electron chi connectivity index (χ3n) is 4.15. The molecule has 0 unspecified atom stereocenters. The highest BCUT2D eigenvalue weighted by atomic mass is 16.6. The van der Waals surface area contributed by atoms with Gasteiger partial charge in [0.2, 0.25) is 0 Å². The predicted octanol–water partition coefficient (Wildman–Crippen LogP) is 2.07. The molecule has 2 amide bonds. The van der Waals surface area contributed by atoms with Gasteiger partial charge in [0.15, 0.2) is 18.9 Å². The van der Waals surface area contributed by atoms with Crippen molar-refractivity contribution in [3.8, 4) is 0 Å². The van der Waals surface area contributed by atoms with E-state index in [-0.39, 0.29) is 25.7 Å². The van der Waals surface area contributed by atoms with Crippen LogP contribution in [-0.4, -0.2) is 80.2 Å². The molecule has 5 atom stereocenters. The van der Waals surface area contributed by atoms with Crippen molar-refractivity contribution in [2.75, 3.05) is 0 Å². The molecule has 0 fully saturated rings. The van der Waals surface area contributed by atoms with Gasteiger partial charge < -0.3 is 45.3 Å². The number of ether oxygens (including phenoxy) is 3. The van der Waals surface area contributed by atoms with Crippen LogP contribution in [0.15, 0.2) is 0 Å². The average Bonchev–Trinajstić information content (AvgIpc) is 2.57. The highest BCUT2D eigenvalue weighted by Gasteiger charge is 2.31. The van der Waals surface area contributed by atoms with Gasteiger partial charge in [-0.15, -0.1) is 0 Å². The molecular weight excluding hydrogens is 448 g/mol. The summed E-state index contributed by atoms with van der Waals surface area (Å²) in [4.78, 5) is 23.7. The lowest BCUT2D eigenvalue weighted by Gasteiger charge is -2.33. The fraction of sp³-hybridized carbons (Fsp3) is 0.913. The number of urea groups is 1. The molecule has 0 aromatic rings. The fourth-order valence-corrected chi connectivity index (χ4v) is 2.91. The number of aliphatic carboxylic acids is 1. The molecule has 0 rings (SSSR count). The van der Waals surface area contributed by atoms with Gasteiger partial charge in [-0.05, 0) is 75.2 Å². The molecule has 6 N–H and O–H groups in total. The summed E-state index contributed by atoms with van der Waals surface area (Å²) in [6.07, 6.45) is -4.15. The number of carbonyl (C=O) groups is 2. The summed E-state index contributed by atoms with van der Waals surface area (Å²) < 4.78 is 16.5. The molecule has 0 aliphatic heterocycles. The van der Waals surface area contributed by atoms with Gasteiger partial charge in [0.25, 0.3) is 0 Å². The van der Waals surface area contributed by atoms with Crippen molar-refractivity contribution in [1.82, 2.24) is 10.6 Å². The van der Waals surface area contributed by atoms with Crippen LogP contribution in [0, 0.1) is 0 Å². The molecule has 0 bridgehead atoms. The Balaban J connectivity index is 5.37. The molecule has 0 saturated heterocycles. The first kappa shape index (κ1) is 32.5. The Morgan fingerprint density at radius 1 is 0.676 bits per heavy atom. The van der Waals surface area contributed by atoms with Crippen LogP contribution in [0.3, 0.4) is 0 Å². The minimum Gasteiger partial charge on any atom is -0.481 e. The lowest BCUT2D eigenvalue weighted by molar-refractivity contribution is -0.189. The van der Waals surface area contributed by atoms with Crippen LogP contribution in [0.4, 0.5) is 4.79 Å². The van der Waals surface area contributed by atoms with E-state index in [1.54, 1.807) is 62.3 Å². The van der Waals surface area contributed by atoms with Gasteiger partial charge in [-0.2, -0.15) is 0 Å². The number of carboxylic acids is 1. The van der Waals surface area contributed by atoms with E-state index < -0.39 is 59.8 Å². The van der Waals surface area contributed by atoms with Gasteiger partial charge in [0.1, 0.15) is 0 Å². The van der Waals surface area contributed by atoms with Gasteiger partial charge in [-0.1, -0.05) is 0 Å². The molecule has 0 aromatic heterocycles. The Labute approximate surface area is 203 Å². The predicted molar refractivity (Wildman–Crippen MR) is 126 cm³/mol. The average molecular weight is 495 g/mol. The smallest absolute Gasteiger partial charge is 0.315 e. The zero-order valence-electron chi connectivity index (χ0n) is 22.0. The molecule has 202 valence electrons. The lowest BCUT2D eigenvalue weighted by Crippen LogP contribution is -2.55. The Bertz CT molecular complexity index is 623. The van der Waals surface area contributed by atoms with Gasteiger partial charge in [-0.25, -0.2) is 4.79 Å². The first-order valence-electron chi connectivity index (χ1n) is 11.5. The second kappa shape index (κ2) is 13.6. The van der Waals surface area contributed by atoms with Crippen LogP contribution in [-0.2, 0) is 19.0 Å². The maximum Gasteiger partial charge on any atom is 0.315 e. The largest absolute Gasteiger partial charge is 0.481 e. The molecule has 0 aliphatic carbocycles. The summed E-state index contributed by atoms with van der Waals surface area (Å²) in [6, 6.07) is -2.72. The van der Waals surface area contributed by atoms with Crippen molar-refractivity contribution >= 4 is 12.0 Å². The van der Waals surface area contributed by atoms with Crippen LogP contribution in [0.2, 0.25) is 0 Å². The summed E-state index contributed by atoms with van der Waals surface area (Å²) in [7, 11) is 0. The van der Waals surface area contributed by atoms with Crippen molar-refractivity contribution < 1.29 is 44.2 Å². The molecular formula is C23H46N2O9. The maximum absolute atomic E-state index is 12.7. The van der Waals surface area contributed by atoms with Crippen LogP contribution in [0.1, 0.15) is 88.0 Å². The first-order valence-corrected chi connectivity index (χ1v) is 11.5. The number of nitrogens with one attached hydrogen (secondary N) is 2. The summed E-state index contributed by atoms with van der Waals surface area (Å²) >= 11 is 0. The second-order valence-electron chi connectivity index (χ2n) is 11.3. The van der Waals surface area contributed by atoms with Crippen LogP contribution >= 0.6 is 0 Å². The van der Waals surface area contributed by atoms with E-state index in [9.17, 15) is 24.9 Å². The van der Waals surface area contributed by atoms with E-state index in [4.69, 9.17) is 19.3 Å². The van der Waals surface area contributed by atoms with Crippen molar-refractivity contribution in [2.24, 2.45) is 0 Å². The van der Waals surface area contributed by atoms with Crippen LogP contribution in [0.5, 0.6) is 0 Å². The second-order valence-corrected chi connectivity index (χ2v) is 11.3. The van der Waals surface area contributed by atoms with Crippen molar-refractivity contribution in [3.05, 3.63) is 0 Å². The number of carbonyl (C=O) groups excluding carboxylic acids is 1. The lowest BCUT2D eigenvalue weighted by atomic mass is 10.1. The van der Waals surface area contributed by atoms with Gasteiger partial charge in [0.05, 0.1) is 28.9 Å². The number of carboxylic acid groups (broad SMARTS) is 1. The summed E-state index contributed by atoms with van der Waals surface area (Å²) in [6.45, 7) is 15.7.